The molecule has 0 aromatic heterocycles. The van der Waals surface area contributed by atoms with Crippen molar-refractivity contribution in [2.75, 3.05) is 6.61 Å². The van der Waals surface area contributed by atoms with Gasteiger partial charge in [-0.1, -0.05) is 36.9 Å². The van der Waals surface area contributed by atoms with Gasteiger partial charge in [0.25, 0.3) is 0 Å². The van der Waals surface area contributed by atoms with Gasteiger partial charge in [0.15, 0.2) is 0 Å². The summed E-state index contributed by atoms with van der Waals surface area (Å²) in [4.78, 5) is 24.6. The van der Waals surface area contributed by atoms with Crippen LogP contribution in [0.25, 0.3) is 0 Å². The molecule has 1 aliphatic heterocycles. The Morgan fingerprint density at radius 2 is 1.71 bits per heavy atom. The first-order valence-electron chi connectivity index (χ1n) is 13.1. The van der Waals surface area contributed by atoms with Crippen LogP contribution < -0.4 is 0 Å². The van der Waals surface area contributed by atoms with Crippen molar-refractivity contribution in [3.8, 4) is 0 Å². The Morgan fingerprint density at radius 3 is 2.29 bits per heavy atom. The van der Waals surface area contributed by atoms with E-state index in [1.165, 1.54) is 13.8 Å². The first-order valence-corrected chi connectivity index (χ1v) is 13.1. The fourth-order valence-electron chi connectivity index (χ4n) is 7.26. The minimum Gasteiger partial charge on any atom is -0.492 e. The highest BCUT2D eigenvalue weighted by molar-refractivity contribution is 5.67. The lowest BCUT2D eigenvalue weighted by molar-refractivity contribution is -0.355. The molecule has 9 heteroatoms. The van der Waals surface area contributed by atoms with E-state index < -0.39 is 64.5 Å². The van der Waals surface area contributed by atoms with Gasteiger partial charge >= 0.3 is 11.9 Å². The van der Waals surface area contributed by atoms with Crippen LogP contribution in [0.15, 0.2) is 42.7 Å². The van der Waals surface area contributed by atoms with Crippen LogP contribution in [0.3, 0.4) is 0 Å². The number of aliphatic hydroxyl groups is 2. The number of fused-ring (bicyclic) bond motifs is 1. The maximum absolute atomic E-state index is 12.4. The highest BCUT2D eigenvalue weighted by Crippen LogP contribution is 2.69. The zero-order valence-electron chi connectivity index (χ0n) is 23.1. The average molecular weight is 533 g/mol. The molecule has 1 saturated heterocycles. The lowest BCUT2D eigenvalue weighted by Gasteiger charge is -2.65. The first kappa shape index (κ1) is 28.5. The van der Waals surface area contributed by atoms with Gasteiger partial charge in [0.1, 0.15) is 29.8 Å². The number of hydrogen-bond donors (Lipinski definition) is 2. The van der Waals surface area contributed by atoms with Crippen LogP contribution in [0.2, 0.25) is 0 Å². The summed E-state index contributed by atoms with van der Waals surface area (Å²) in [7, 11) is 0. The Kier molecular flexibility index (Phi) is 7.46. The number of esters is 2. The third kappa shape index (κ3) is 4.33. The van der Waals surface area contributed by atoms with E-state index in [0.29, 0.717) is 5.76 Å². The number of rotatable bonds is 8. The number of hydrogen-bond acceptors (Lipinski definition) is 9. The van der Waals surface area contributed by atoms with Gasteiger partial charge < -0.3 is 33.9 Å². The molecule has 1 heterocycles. The number of aliphatic hydroxyl groups excluding tert-OH is 1. The molecule has 2 bridgehead atoms. The van der Waals surface area contributed by atoms with Crippen LogP contribution in [-0.2, 0) is 39.9 Å². The van der Waals surface area contributed by atoms with Crippen molar-refractivity contribution in [2.45, 2.75) is 102 Å². The first-order chi connectivity index (χ1) is 17.7. The Hall–Kier alpha value is -2.46. The lowest BCUT2D eigenvalue weighted by atomic mass is 9.46. The molecule has 2 saturated carbocycles. The van der Waals surface area contributed by atoms with Gasteiger partial charge in [0.2, 0.25) is 0 Å². The Balaban J connectivity index is 1.99. The molecule has 2 N–H and O–H groups in total. The summed E-state index contributed by atoms with van der Waals surface area (Å²) in [5, 5.41) is 24.2. The molecule has 1 spiro atoms. The minimum atomic E-state index is -1.61. The molecule has 38 heavy (non-hydrogen) atoms. The van der Waals surface area contributed by atoms with E-state index in [4.69, 9.17) is 23.7 Å². The van der Waals surface area contributed by atoms with E-state index in [1.54, 1.807) is 13.8 Å². The molecule has 3 fully saturated rings. The second-order valence-electron chi connectivity index (χ2n) is 11.6. The fraction of sp³-hybridized carbons (Fsp3) is 0.655. The summed E-state index contributed by atoms with van der Waals surface area (Å²) in [5.41, 5.74) is -4.85. The van der Waals surface area contributed by atoms with Crippen LogP contribution >= 0.6 is 0 Å². The SMILES string of the molecule is C=C(C)O[C@@H]1[C@H]2[C@@H](O)[C@@H](OCc3ccccc3)[C@]3(COC(C)=O)[C@@H](OC(C)=O)CC[C@](C)(O)[C@@]13OC2(C)C. The molecule has 3 aliphatic rings. The van der Waals surface area contributed by atoms with Gasteiger partial charge in [-0.05, 0) is 46.1 Å². The van der Waals surface area contributed by atoms with Crippen molar-refractivity contribution < 1.29 is 43.5 Å². The largest absolute Gasteiger partial charge is 0.492 e. The quantitative estimate of drug-likeness (QED) is 0.384. The van der Waals surface area contributed by atoms with Crippen LogP contribution in [0.1, 0.15) is 59.9 Å². The Morgan fingerprint density at radius 1 is 1.05 bits per heavy atom. The van der Waals surface area contributed by atoms with Crippen LogP contribution in [-0.4, -0.2) is 70.0 Å². The molecule has 210 valence electrons. The molecule has 0 unspecified atom stereocenters. The molecular formula is C29H40O9. The molecular weight excluding hydrogens is 492 g/mol. The van der Waals surface area contributed by atoms with Crippen molar-refractivity contribution in [3.05, 3.63) is 48.2 Å². The van der Waals surface area contributed by atoms with E-state index in [2.05, 4.69) is 6.58 Å². The molecule has 0 amide bonds. The summed E-state index contributed by atoms with van der Waals surface area (Å²) < 4.78 is 31.2. The zero-order chi connectivity index (χ0) is 28.1. The second-order valence-corrected chi connectivity index (χ2v) is 11.6. The molecule has 1 aromatic rings. The van der Waals surface area contributed by atoms with Crippen molar-refractivity contribution in [1.29, 1.82) is 0 Å². The smallest absolute Gasteiger partial charge is 0.302 e. The highest BCUT2D eigenvalue weighted by Gasteiger charge is 2.86. The summed E-state index contributed by atoms with van der Waals surface area (Å²) in [6, 6.07) is 9.44. The predicted molar refractivity (Wildman–Crippen MR) is 137 cm³/mol. The third-order valence-electron chi connectivity index (χ3n) is 8.52. The van der Waals surface area contributed by atoms with Gasteiger partial charge in [-0.15, -0.1) is 0 Å². The number of ether oxygens (including phenoxy) is 5. The van der Waals surface area contributed by atoms with E-state index >= 15 is 0 Å². The Labute approximate surface area is 224 Å². The Bertz CT molecular complexity index is 1070. The van der Waals surface area contributed by atoms with Gasteiger partial charge in [0, 0.05) is 13.8 Å². The fourth-order valence-corrected chi connectivity index (χ4v) is 7.26. The van der Waals surface area contributed by atoms with Gasteiger partial charge in [-0.2, -0.15) is 0 Å². The number of benzene rings is 1. The van der Waals surface area contributed by atoms with Crippen molar-refractivity contribution in [2.24, 2.45) is 11.3 Å². The molecule has 9 nitrogen and oxygen atoms in total. The van der Waals surface area contributed by atoms with E-state index in [-0.39, 0.29) is 26.1 Å². The minimum absolute atomic E-state index is 0.120. The molecule has 4 rings (SSSR count). The molecule has 2 aliphatic carbocycles. The van der Waals surface area contributed by atoms with E-state index in [1.807, 2.05) is 44.2 Å². The van der Waals surface area contributed by atoms with E-state index in [9.17, 15) is 19.8 Å². The van der Waals surface area contributed by atoms with Gasteiger partial charge in [-0.3, -0.25) is 9.59 Å². The van der Waals surface area contributed by atoms with Crippen LogP contribution in [0.5, 0.6) is 0 Å². The molecule has 0 radical (unpaired) electrons. The summed E-state index contributed by atoms with van der Waals surface area (Å²) in [6.45, 7) is 13.2. The standard InChI is InChI=1S/C29H40O9/c1-17(2)36-24-22-23(32)25(34-15-20-11-9-8-10-12-20)28(16-35-18(3)30)21(37-19(4)31)13-14-27(7,33)29(24,28)38-26(22,5)6/h8-12,21-25,32-33H,1,13-16H2,2-7H3/t21-,22+,23+,24+,25+,27-,28-,29-/m0/s1. The highest BCUT2D eigenvalue weighted by atomic mass is 16.6. The zero-order valence-corrected chi connectivity index (χ0v) is 23.1. The number of allylic oxidation sites excluding steroid dienone is 1. The molecule has 1 aromatic carbocycles. The van der Waals surface area contributed by atoms with Crippen molar-refractivity contribution in [3.63, 3.8) is 0 Å². The van der Waals surface area contributed by atoms with Crippen molar-refractivity contribution in [1.82, 2.24) is 0 Å². The lowest BCUT2D eigenvalue weighted by Crippen LogP contribution is -2.83. The second kappa shape index (κ2) is 9.93. The topological polar surface area (TPSA) is 121 Å². The predicted octanol–water partition coefficient (Wildman–Crippen LogP) is 3.05. The maximum atomic E-state index is 12.4. The third-order valence-corrected chi connectivity index (χ3v) is 8.52. The monoisotopic (exact) mass is 532 g/mol. The number of carbonyl (C=O) groups excluding carboxylic acids is 2. The summed E-state index contributed by atoms with van der Waals surface area (Å²) in [6.07, 6.45) is -3.67. The van der Waals surface area contributed by atoms with Gasteiger partial charge in [-0.25, -0.2) is 0 Å². The maximum Gasteiger partial charge on any atom is 0.302 e. The van der Waals surface area contributed by atoms with Crippen molar-refractivity contribution >= 4 is 11.9 Å². The van der Waals surface area contributed by atoms with Crippen LogP contribution in [0.4, 0.5) is 0 Å². The van der Waals surface area contributed by atoms with E-state index in [0.717, 1.165) is 5.56 Å². The molecule has 8 atom stereocenters. The number of carbonyl (C=O) groups is 2. The summed E-state index contributed by atoms with van der Waals surface area (Å²) in [5.74, 6) is -1.42. The summed E-state index contributed by atoms with van der Waals surface area (Å²) >= 11 is 0. The normalized spacial score (nSPS) is 39.1. The average Bonchev–Trinajstić information content (AvgIpc) is 3.01. The van der Waals surface area contributed by atoms with Crippen LogP contribution in [0, 0.1) is 11.3 Å². The van der Waals surface area contributed by atoms with Gasteiger partial charge in [0.05, 0.1) is 41.7 Å².